The van der Waals surface area contributed by atoms with Crippen molar-refractivity contribution in [3.8, 4) is 0 Å². The molecule has 0 radical (unpaired) electrons. The van der Waals surface area contributed by atoms with Crippen molar-refractivity contribution in [3.63, 3.8) is 0 Å². The largest absolute Gasteiger partial charge is 0.332 e. The zero-order chi connectivity index (χ0) is 16.9. The summed E-state index contributed by atoms with van der Waals surface area (Å²) < 4.78 is 4.50. The van der Waals surface area contributed by atoms with Gasteiger partial charge in [-0.15, -0.1) is 0 Å². The number of hydrogen-bond acceptors (Lipinski definition) is 5. The number of allylic oxidation sites excluding steroid dienone is 2. The van der Waals surface area contributed by atoms with Crippen molar-refractivity contribution >= 4 is 22.8 Å². The summed E-state index contributed by atoms with van der Waals surface area (Å²) in [6.07, 6.45) is 3.60. The van der Waals surface area contributed by atoms with E-state index in [1.807, 2.05) is 31.4 Å². The summed E-state index contributed by atoms with van der Waals surface area (Å²) in [6.45, 7) is 5.98. The van der Waals surface area contributed by atoms with Gasteiger partial charge in [0.2, 0.25) is 5.95 Å². The van der Waals surface area contributed by atoms with Gasteiger partial charge in [-0.1, -0.05) is 12.2 Å². The van der Waals surface area contributed by atoms with E-state index in [0.29, 0.717) is 17.1 Å². The number of aryl methyl sites for hydroxylation is 1. The fraction of sp³-hybridized carbons (Fsp3) is 0.467. The van der Waals surface area contributed by atoms with Crippen molar-refractivity contribution in [2.75, 3.05) is 12.1 Å². The van der Waals surface area contributed by atoms with Gasteiger partial charge in [0, 0.05) is 20.6 Å². The third-order valence-corrected chi connectivity index (χ3v) is 4.27. The lowest BCUT2D eigenvalue weighted by Crippen LogP contribution is -2.40. The van der Waals surface area contributed by atoms with Crippen molar-refractivity contribution in [2.24, 2.45) is 12.1 Å². The van der Waals surface area contributed by atoms with Crippen molar-refractivity contribution < 1.29 is 0 Å². The third-order valence-electron chi connectivity index (χ3n) is 4.27. The van der Waals surface area contributed by atoms with Crippen LogP contribution in [0.1, 0.15) is 26.8 Å². The van der Waals surface area contributed by atoms with Crippen LogP contribution < -0.4 is 16.3 Å². The molecule has 1 unspecified atom stereocenters. The Morgan fingerprint density at radius 3 is 2.61 bits per heavy atom. The molecule has 0 bridgehead atoms. The van der Waals surface area contributed by atoms with Crippen LogP contribution in [0.4, 0.5) is 5.95 Å². The lowest BCUT2D eigenvalue weighted by Gasteiger charge is -2.26. The molecule has 3 heterocycles. The summed E-state index contributed by atoms with van der Waals surface area (Å²) >= 11 is 0. The molecule has 0 amide bonds. The van der Waals surface area contributed by atoms with Crippen molar-refractivity contribution in [3.05, 3.63) is 33.0 Å². The van der Waals surface area contributed by atoms with Crippen molar-refractivity contribution in [2.45, 2.75) is 33.4 Å². The molecule has 23 heavy (non-hydrogen) atoms. The Morgan fingerprint density at radius 1 is 1.26 bits per heavy atom. The number of fused-ring (bicyclic) bond motifs is 3. The number of rotatable bonds is 2. The highest BCUT2D eigenvalue weighted by atomic mass is 16.2. The Balaban J connectivity index is 2.44. The molecule has 3 rings (SSSR count). The lowest BCUT2D eigenvalue weighted by molar-refractivity contribution is 0.643. The predicted octanol–water partition coefficient (Wildman–Crippen LogP) is 0.859. The highest BCUT2D eigenvalue weighted by Crippen LogP contribution is 2.28. The van der Waals surface area contributed by atoms with E-state index in [2.05, 4.69) is 10.1 Å². The zero-order valence-corrected chi connectivity index (χ0v) is 13.9. The average Bonchev–Trinajstić information content (AvgIpc) is 2.92. The first-order valence-corrected chi connectivity index (χ1v) is 7.50. The number of anilines is 1. The Bertz CT molecular complexity index is 959. The first kappa shape index (κ1) is 15.3. The van der Waals surface area contributed by atoms with E-state index in [4.69, 9.17) is 0 Å². The number of hydrazone groups is 1. The summed E-state index contributed by atoms with van der Waals surface area (Å²) in [5, 5.41) is 6.05. The normalized spacial score (nSPS) is 17.9. The van der Waals surface area contributed by atoms with Crippen LogP contribution in [-0.2, 0) is 13.6 Å². The minimum absolute atomic E-state index is 0.0911. The smallest absolute Gasteiger partial charge is 0.294 e. The fourth-order valence-corrected chi connectivity index (χ4v) is 2.85. The van der Waals surface area contributed by atoms with Gasteiger partial charge >= 0.3 is 5.69 Å². The number of hydrogen-bond donors (Lipinski definition) is 0. The Morgan fingerprint density at radius 2 is 1.96 bits per heavy atom. The van der Waals surface area contributed by atoms with Crippen molar-refractivity contribution in [1.82, 2.24) is 18.7 Å². The summed E-state index contributed by atoms with van der Waals surface area (Å²) in [6, 6.07) is -0.0911. The highest BCUT2D eigenvalue weighted by molar-refractivity contribution is 5.90. The first-order valence-electron chi connectivity index (χ1n) is 7.50. The van der Waals surface area contributed by atoms with Crippen LogP contribution in [0.15, 0.2) is 26.8 Å². The molecule has 0 aromatic carbocycles. The Labute approximate surface area is 133 Å². The Hall–Kier alpha value is -2.64. The number of imidazole rings is 1. The summed E-state index contributed by atoms with van der Waals surface area (Å²) in [7, 11) is 3.41. The minimum atomic E-state index is -0.371. The second-order valence-electron chi connectivity index (χ2n) is 5.72. The van der Waals surface area contributed by atoms with E-state index < -0.39 is 0 Å². The van der Waals surface area contributed by atoms with E-state index in [0.717, 1.165) is 5.71 Å². The van der Waals surface area contributed by atoms with Gasteiger partial charge in [0.1, 0.15) is 0 Å². The molecule has 0 fully saturated rings. The molecule has 0 saturated heterocycles. The molecule has 1 aliphatic heterocycles. The standard InChI is InChI=1S/C15H20N6O2/c1-6-7-8-20-13(22)11-12(18(4)15(20)23)16-14-19(5)17-9(2)10(3)21(11)14/h6-7,10H,8H2,1-5H3/b7-6+. The van der Waals surface area contributed by atoms with Crippen LogP contribution in [0.25, 0.3) is 11.2 Å². The fourth-order valence-electron chi connectivity index (χ4n) is 2.85. The number of aromatic nitrogens is 4. The van der Waals surface area contributed by atoms with Crippen LogP contribution in [0.3, 0.4) is 0 Å². The van der Waals surface area contributed by atoms with E-state index in [1.54, 1.807) is 25.2 Å². The topological polar surface area (TPSA) is 77.4 Å². The van der Waals surface area contributed by atoms with E-state index in [-0.39, 0.29) is 23.8 Å². The Kier molecular flexibility index (Phi) is 3.46. The molecule has 0 saturated carbocycles. The van der Waals surface area contributed by atoms with Crippen LogP contribution in [0, 0.1) is 0 Å². The first-order chi connectivity index (χ1) is 10.9. The predicted molar refractivity (Wildman–Crippen MR) is 90.3 cm³/mol. The molecule has 2 aromatic rings. The zero-order valence-electron chi connectivity index (χ0n) is 13.9. The minimum Gasteiger partial charge on any atom is -0.294 e. The van der Waals surface area contributed by atoms with Gasteiger partial charge in [0.05, 0.1) is 11.8 Å². The highest BCUT2D eigenvalue weighted by Gasteiger charge is 2.28. The van der Waals surface area contributed by atoms with Gasteiger partial charge in [-0.3, -0.25) is 18.5 Å². The molecular weight excluding hydrogens is 296 g/mol. The molecule has 0 spiro atoms. The molecule has 1 aliphatic rings. The molecule has 8 heteroatoms. The van der Waals surface area contributed by atoms with E-state index in [1.165, 1.54) is 9.13 Å². The van der Waals surface area contributed by atoms with Crippen LogP contribution in [0.5, 0.6) is 0 Å². The molecule has 0 aliphatic carbocycles. The molecule has 122 valence electrons. The summed E-state index contributed by atoms with van der Waals surface area (Å²) in [4.78, 5) is 29.8. The summed E-state index contributed by atoms with van der Waals surface area (Å²) in [5.41, 5.74) is 1.00. The van der Waals surface area contributed by atoms with Gasteiger partial charge in [-0.2, -0.15) is 10.1 Å². The monoisotopic (exact) mass is 316 g/mol. The van der Waals surface area contributed by atoms with Gasteiger partial charge in [0.15, 0.2) is 11.2 Å². The lowest BCUT2D eigenvalue weighted by atomic mass is 10.2. The SMILES string of the molecule is C/C=C/Cn1c(=O)c2c(nc3n2C(C)C(C)=NN3C)n(C)c1=O. The quantitative estimate of drug-likeness (QED) is 0.770. The van der Waals surface area contributed by atoms with Crippen LogP contribution in [-0.4, -0.2) is 31.4 Å². The van der Waals surface area contributed by atoms with E-state index >= 15 is 0 Å². The van der Waals surface area contributed by atoms with Gasteiger partial charge in [-0.25, -0.2) is 9.80 Å². The molecule has 2 aromatic heterocycles. The van der Waals surface area contributed by atoms with Gasteiger partial charge in [0.25, 0.3) is 5.56 Å². The van der Waals surface area contributed by atoms with Crippen LogP contribution in [0.2, 0.25) is 0 Å². The van der Waals surface area contributed by atoms with Gasteiger partial charge in [-0.05, 0) is 20.8 Å². The second-order valence-corrected chi connectivity index (χ2v) is 5.72. The summed E-state index contributed by atoms with van der Waals surface area (Å²) in [5.74, 6) is 0.564. The molecular formula is C15H20N6O2. The van der Waals surface area contributed by atoms with Crippen molar-refractivity contribution in [1.29, 1.82) is 0 Å². The second kappa shape index (κ2) is 5.22. The number of nitrogens with zero attached hydrogens (tertiary/aromatic N) is 6. The van der Waals surface area contributed by atoms with Crippen LogP contribution >= 0.6 is 0 Å². The average molecular weight is 316 g/mol. The maximum atomic E-state index is 12.9. The molecule has 0 N–H and O–H groups in total. The molecule has 8 nitrogen and oxygen atoms in total. The third kappa shape index (κ3) is 2.05. The maximum Gasteiger partial charge on any atom is 0.332 e. The van der Waals surface area contributed by atoms with E-state index in [9.17, 15) is 9.59 Å². The van der Waals surface area contributed by atoms with Gasteiger partial charge < -0.3 is 0 Å². The maximum absolute atomic E-state index is 12.9. The molecule has 1 atom stereocenters.